The first-order valence-corrected chi connectivity index (χ1v) is 3.35. The van der Waals surface area contributed by atoms with Crippen LogP contribution in [-0.2, 0) is 0 Å². The smallest absolute Gasteiger partial charge is 0.0101 e. The van der Waals surface area contributed by atoms with E-state index in [1.165, 1.54) is 6.42 Å². The topological polar surface area (TPSA) is 0 Å². The monoisotopic (exact) mass is 122 g/mol. The molecule has 0 heterocycles. The highest BCUT2D eigenvalue weighted by Crippen LogP contribution is 1.91. The molecule has 0 radical (unpaired) electrons. The van der Waals surface area contributed by atoms with Gasteiger partial charge in [0.05, 0.1) is 0 Å². The summed E-state index contributed by atoms with van der Waals surface area (Å²) in [6.07, 6.45) is 6.17. The standard InChI is InChI=1S/C9H14/c1-4-6-7-8-9(3)5-2/h5,7H,2,4,6H2,1,3H3. The van der Waals surface area contributed by atoms with Crippen LogP contribution in [0.15, 0.2) is 30.0 Å². The fourth-order valence-corrected chi connectivity index (χ4v) is 0.436. The summed E-state index contributed by atoms with van der Waals surface area (Å²) in [5, 5.41) is 0. The second kappa shape index (κ2) is 5.40. The van der Waals surface area contributed by atoms with Gasteiger partial charge in [-0.25, -0.2) is 0 Å². The lowest BCUT2D eigenvalue weighted by Crippen LogP contribution is -1.60. The molecule has 0 N–H and O–H groups in total. The minimum absolute atomic E-state index is 1.11. The number of allylic oxidation sites excluding steroid dienone is 2. The SMILES string of the molecule is C=CC(C)=C=CCCC. The van der Waals surface area contributed by atoms with Gasteiger partial charge in [-0.15, -0.1) is 5.73 Å². The van der Waals surface area contributed by atoms with Crippen molar-refractivity contribution in [1.82, 2.24) is 0 Å². The second-order valence-corrected chi connectivity index (χ2v) is 2.02. The molecule has 0 bridgehead atoms. The zero-order chi connectivity index (χ0) is 7.11. The van der Waals surface area contributed by atoms with Crippen LogP contribution in [0.1, 0.15) is 26.7 Å². The van der Waals surface area contributed by atoms with Crippen molar-refractivity contribution in [2.45, 2.75) is 26.7 Å². The van der Waals surface area contributed by atoms with Crippen LogP contribution in [0.4, 0.5) is 0 Å². The van der Waals surface area contributed by atoms with Crippen molar-refractivity contribution in [3.63, 3.8) is 0 Å². The van der Waals surface area contributed by atoms with E-state index in [2.05, 4.69) is 25.3 Å². The molecule has 0 aliphatic rings. The predicted octanol–water partition coefficient (Wildman–Crippen LogP) is 3.07. The Morgan fingerprint density at radius 1 is 1.67 bits per heavy atom. The van der Waals surface area contributed by atoms with Crippen molar-refractivity contribution in [3.05, 3.63) is 30.0 Å². The first-order chi connectivity index (χ1) is 4.31. The molecule has 0 fully saturated rings. The lowest BCUT2D eigenvalue weighted by Gasteiger charge is -1.80. The Labute approximate surface area is 57.6 Å². The molecule has 0 rings (SSSR count). The summed E-state index contributed by atoms with van der Waals surface area (Å²) >= 11 is 0. The molecule has 0 amide bonds. The molecule has 0 saturated heterocycles. The highest BCUT2D eigenvalue weighted by Gasteiger charge is 1.71. The Morgan fingerprint density at radius 2 is 2.33 bits per heavy atom. The average Bonchev–Trinajstić information content (AvgIpc) is 1.89. The van der Waals surface area contributed by atoms with Crippen LogP contribution in [0.5, 0.6) is 0 Å². The van der Waals surface area contributed by atoms with E-state index < -0.39 is 0 Å². The summed E-state index contributed by atoms with van der Waals surface area (Å²) in [4.78, 5) is 0. The lowest BCUT2D eigenvalue weighted by molar-refractivity contribution is 0.959. The van der Waals surface area contributed by atoms with Crippen LogP contribution in [0.2, 0.25) is 0 Å². The van der Waals surface area contributed by atoms with Crippen molar-refractivity contribution in [2.75, 3.05) is 0 Å². The van der Waals surface area contributed by atoms with E-state index in [4.69, 9.17) is 0 Å². The van der Waals surface area contributed by atoms with Gasteiger partial charge in [0, 0.05) is 0 Å². The molecule has 9 heavy (non-hydrogen) atoms. The van der Waals surface area contributed by atoms with Gasteiger partial charge in [0.2, 0.25) is 0 Å². The van der Waals surface area contributed by atoms with E-state index in [-0.39, 0.29) is 0 Å². The third-order valence-corrected chi connectivity index (χ3v) is 1.07. The molecule has 0 nitrogen and oxygen atoms in total. The quantitative estimate of drug-likeness (QED) is 0.398. The molecule has 0 heteroatoms. The number of unbranched alkanes of at least 4 members (excludes halogenated alkanes) is 1. The second-order valence-electron chi connectivity index (χ2n) is 2.02. The van der Waals surface area contributed by atoms with Crippen molar-refractivity contribution in [1.29, 1.82) is 0 Å². The minimum atomic E-state index is 1.11. The highest BCUT2D eigenvalue weighted by molar-refractivity contribution is 5.11. The van der Waals surface area contributed by atoms with E-state index >= 15 is 0 Å². The van der Waals surface area contributed by atoms with E-state index in [1.54, 1.807) is 0 Å². The Hall–Kier alpha value is -0.740. The van der Waals surface area contributed by atoms with Crippen molar-refractivity contribution in [3.8, 4) is 0 Å². The molecule has 0 aromatic carbocycles. The molecule has 0 unspecified atom stereocenters. The normalized spacial score (nSPS) is 7.78. The third kappa shape index (κ3) is 5.13. The van der Waals surface area contributed by atoms with Crippen LogP contribution in [0.25, 0.3) is 0 Å². The van der Waals surface area contributed by atoms with Crippen molar-refractivity contribution >= 4 is 0 Å². The van der Waals surface area contributed by atoms with E-state index in [1.807, 2.05) is 13.0 Å². The first kappa shape index (κ1) is 8.26. The number of hydrogen-bond acceptors (Lipinski definition) is 0. The number of hydrogen-bond donors (Lipinski definition) is 0. The molecule has 0 aromatic rings. The fourth-order valence-electron chi connectivity index (χ4n) is 0.436. The maximum Gasteiger partial charge on any atom is -0.0101 e. The molecule has 0 atom stereocenters. The minimum Gasteiger partial charge on any atom is -0.122 e. The largest absolute Gasteiger partial charge is 0.122 e. The molecular formula is C9H14. The third-order valence-electron chi connectivity index (χ3n) is 1.07. The van der Waals surface area contributed by atoms with Gasteiger partial charge in [0.15, 0.2) is 0 Å². The Balaban J connectivity index is 3.76. The van der Waals surface area contributed by atoms with Gasteiger partial charge in [0.25, 0.3) is 0 Å². The van der Waals surface area contributed by atoms with Gasteiger partial charge in [-0.05, 0) is 25.0 Å². The van der Waals surface area contributed by atoms with Crippen LogP contribution >= 0.6 is 0 Å². The molecule has 0 aliphatic carbocycles. The molecule has 0 spiro atoms. The van der Waals surface area contributed by atoms with Gasteiger partial charge in [-0.3, -0.25) is 0 Å². The van der Waals surface area contributed by atoms with Gasteiger partial charge < -0.3 is 0 Å². The Kier molecular flexibility index (Phi) is 4.95. The van der Waals surface area contributed by atoms with Crippen molar-refractivity contribution < 1.29 is 0 Å². The van der Waals surface area contributed by atoms with Gasteiger partial charge in [0.1, 0.15) is 0 Å². The van der Waals surface area contributed by atoms with Crippen LogP contribution < -0.4 is 0 Å². The number of rotatable bonds is 3. The summed E-state index contributed by atoms with van der Waals surface area (Å²) in [6.45, 7) is 7.77. The maximum atomic E-state index is 3.62. The van der Waals surface area contributed by atoms with Crippen LogP contribution in [0, 0.1) is 0 Å². The maximum absolute atomic E-state index is 3.62. The van der Waals surface area contributed by atoms with E-state index in [0.717, 1.165) is 12.0 Å². The molecule has 0 aromatic heterocycles. The lowest BCUT2D eigenvalue weighted by atomic mass is 10.3. The van der Waals surface area contributed by atoms with Gasteiger partial charge >= 0.3 is 0 Å². The highest BCUT2D eigenvalue weighted by atomic mass is 13.8. The Morgan fingerprint density at radius 3 is 2.78 bits per heavy atom. The summed E-state index contributed by atoms with van der Waals surface area (Å²) in [6, 6.07) is 0. The summed E-state index contributed by atoms with van der Waals surface area (Å²) in [7, 11) is 0. The zero-order valence-electron chi connectivity index (χ0n) is 6.28. The summed E-state index contributed by atoms with van der Waals surface area (Å²) in [5.41, 5.74) is 4.22. The van der Waals surface area contributed by atoms with Gasteiger partial charge in [-0.1, -0.05) is 26.0 Å². The fraction of sp³-hybridized carbons (Fsp3) is 0.444. The summed E-state index contributed by atoms with van der Waals surface area (Å²) < 4.78 is 0. The Bertz CT molecular complexity index is 134. The van der Waals surface area contributed by atoms with Gasteiger partial charge in [-0.2, -0.15) is 0 Å². The average molecular weight is 122 g/mol. The van der Waals surface area contributed by atoms with E-state index in [9.17, 15) is 0 Å². The summed E-state index contributed by atoms with van der Waals surface area (Å²) in [5.74, 6) is 0. The van der Waals surface area contributed by atoms with Crippen LogP contribution in [-0.4, -0.2) is 0 Å². The first-order valence-electron chi connectivity index (χ1n) is 3.35. The molecular weight excluding hydrogens is 108 g/mol. The van der Waals surface area contributed by atoms with E-state index in [0.29, 0.717) is 0 Å². The molecule has 0 aliphatic heterocycles. The zero-order valence-corrected chi connectivity index (χ0v) is 6.28. The van der Waals surface area contributed by atoms with Crippen LogP contribution in [0.3, 0.4) is 0 Å². The van der Waals surface area contributed by atoms with Crippen molar-refractivity contribution in [2.24, 2.45) is 0 Å². The molecule has 50 valence electrons. The molecule has 0 saturated carbocycles. The predicted molar refractivity (Wildman–Crippen MR) is 42.4 cm³/mol.